The van der Waals surface area contributed by atoms with Crippen LogP contribution in [0, 0.1) is 6.92 Å². The van der Waals surface area contributed by atoms with Crippen LogP contribution in [-0.2, 0) is 0 Å². The molecule has 2 aromatic rings. The van der Waals surface area contributed by atoms with Crippen LogP contribution in [-0.4, -0.2) is 24.5 Å². The fourth-order valence-corrected chi connectivity index (χ4v) is 3.13. The van der Waals surface area contributed by atoms with Crippen LogP contribution < -0.4 is 10.2 Å². The lowest BCUT2D eigenvalue weighted by Crippen LogP contribution is -2.31. The second-order valence-electron chi connectivity index (χ2n) is 5.67. The molecule has 23 heavy (non-hydrogen) atoms. The van der Waals surface area contributed by atoms with Crippen molar-refractivity contribution in [2.75, 3.05) is 13.7 Å². The number of para-hydroxylation sites is 1. The van der Waals surface area contributed by atoms with E-state index in [0.717, 1.165) is 24.2 Å². The first-order chi connectivity index (χ1) is 11.1. The highest BCUT2D eigenvalue weighted by atomic mass is 16.5. The highest BCUT2D eigenvalue weighted by Gasteiger charge is 2.33. The number of carbonyl (C=O) groups is 1. The molecule has 1 atom stereocenters. The molecule has 0 spiro atoms. The van der Waals surface area contributed by atoms with E-state index >= 15 is 0 Å². The Morgan fingerprint density at radius 3 is 2.83 bits per heavy atom. The number of amides is 1. The van der Waals surface area contributed by atoms with Crippen molar-refractivity contribution in [3.05, 3.63) is 63.7 Å². The molecule has 1 aromatic carbocycles. The van der Waals surface area contributed by atoms with Gasteiger partial charge in [0.1, 0.15) is 11.5 Å². The summed E-state index contributed by atoms with van der Waals surface area (Å²) < 4.78 is 10.9. The smallest absolute Gasteiger partial charge is 0.290 e. The summed E-state index contributed by atoms with van der Waals surface area (Å²) in [4.78, 5) is 26.2. The summed E-state index contributed by atoms with van der Waals surface area (Å²) in [6.07, 6.45) is 1.77. The van der Waals surface area contributed by atoms with Crippen molar-refractivity contribution in [3.8, 4) is 5.75 Å². The molecule has 1 aromatic heterocycles. The molecular weight excluding hydrogens is 294 g/mol. The predicted octanol–water partition coefficient (Wildman–Crippen LogP) is 2.93. The van der Waals surface area contributed by atoms with Gasteiger partial charge in [-0.1, -0.05) is 18.2 Å². The minimum absolute atomic E-state index is 0.0653. The summed E-state index contributed by atoms with van der Waals surface area (Å²) in [5.74, 6) is 1.05. The number of ether oxygens (including phenoxy) is 1. The number of benzene rings is 1. The Bertz CT molecular complexity index is 781. The molecule has 120 valence electrons. The minimum atomic E-state index is -0.251. The first kappa shape index (κ1) is 15.3. The van der Waals surface area contributed by atoms with Crippen LogP contribution in [0.1, 0.15) is 40.8 Å². The quantitative estimate of drug-likeness (QED) is 0.874. The summed E-state index contributed by atoms with van der Waals surface area (Å²) >= 11 is 0. The van der Waals surface area contributed by atoms with Gasteiger partial charge in [-0.05, 0) is 25.8 Å². The molecule has 5 heteroatoms. The second kappa shape index (κ2) is 6.28. The third-order valence-corrected chi connectivity index (χ3v) is 4.11. The lowest BCUT2D eigenvalue weighted by Gasteiger charge is -2.25. The van der Waals surface area contributed by atoms with Crippen LogP contribution in [0.25, 0.3) is 0 Å². The van der Waals surface area contributed by atoms with Gasteiger partial charge in [-0.2, -0.15) is 0 Å². The molecular formula is C18H19NO4. The normalized spacial score (nSPS) is 17.3. The van der Waals surface area contributed by atoms with E-state index in [4.69, 9.17) is 9.15 Å². The molecule has 1 fully saturated rings. The maximum Gasteiger partial charge on any atom is 0.290 e. The van der Waals surface area contributed by atoms with E-state index in [0.29, 0.717) is 12.3 Å². The zero-order valence-corrected chi connectivity index (χ0v) is 13.2. The summed E-state index contributed by atoms with van der Waals surface area (Å²) in [5, 5.41) is 0. The lowest BCUT2D eigenvalue weighted by atomic mass is 10.0. The van der Waals surface area contributed by atoms with Crippen LogP contribution in [0.15, 0.2) is 45.6 Å². The summed E-state index contributed by atoms with van der Waals surface area (Å²) in [6.45, 7) is 2.30. The van der Waals surface area contributed by atoms with Crippen molar-refractivity contribution < 1.29 is 13.9 Å². The first-order valence-electron chi connectivity index (χ1n) is 7.66. The lowest BCUT2D eigenvalue weighted by molar-refractivity contribution is 0.0697. The SMILES string of the molecule is COc1ccccc1[C@@H]1CCCN1C(=O)c1cc(=O)cc(C)o1. The van der Waals surface area contributed by atoms with Gasteiger partial charge in [0, 0.05) is 24.2 Å². The van der Waals surface area contributed by atoms with E-state index in [1.165, 1.54) is 12.1 Å². The summed E-state index contributed by atoms with van der Waals surface area (Å²) in [7, 11) is 1.62. The maximum atomic E-state index is 12.8. The van der Waals surface area contributed by atoms with Crippen molar-refractivity contribution in [2.45, 2.75) is 25.8 Å². The molecule has 1 aliphatic rings. The number of aryl methyl sites for hydroxylation is 1. The molecule has 0 N–H and O–H groups in total. The third-order valence-electron chi connectivity index (χ3n) is 4.11. The number of carbonyl (C=O) groups excluding carboxylic acids is 1. The van der Waals surface area contributed by atoms with Gasteiger partial charge in [-0.15, -0.1) is 0 Å². The molecule has 2 heterocycles. The standard InChI is InChI=1S/C18H19NO4/c1-12-10-13(20)11-17(23-12)18(21)19-9-5-7-15(19)14-6-3-4-8-16(14)22-2/h3-4,6,8,10-11,15H,5,7,9H2,1-2H3/t15-/m0/s1. The van der Waals surface area contributed by atoms with Crippen molar-refractivity contribution in [1.82, 2.24) is 4.90 Å². The van der Waals surface area contributed by atoms with Crippen molar-refractivity contribution >= 4 is 5.91 Å². The number of methoxy groups -OCH3 is 1. The number of rotatable bonds is 3. The van der Waals surface area contributed by atoms with E-state index in [9.17, 15) is 9.59 Å². The highest BCUT2D eigenvalue weighted by Crippen LogP contribution is 2.37. The Balaban J connectivity index is 1.95. The second-order valence-corrected chi connectivity index (χ2v) is 5.67. The highest BCUT2D eigenvalue weighted by molar-refractivity contribution is 5.92. The fraction of sp³-hybridized carbons (Fsp3) is 0.333. The van der Waals surface area contributed by atoms with Crippen molar-refractivity contribution in [1.29, 1.82) is 0 Å². The van der Waals surface area contributed by atoms with Gasteiger partial charge in [-0.3, -0.25) is 9.59 Å². The number of nitrogens with zero attached hydrogens (tertiary/aromatic N) is 1. The summed E-state index contributed by atoms with van der Waals surface area (Å²) in [6, 6.07) is 10.3. The van der Waals surface area contributed by atoms with E-state index in [1.54, 1.807) is 18.9 Å². The molecule has 0 unspecified atom stereocenters. The molecule has 3 rings (SSSR count). The number of hydrogen-bond donors (Lipinski definition) is 0. The largest absolute Gasteiger partial charge is 0.496 e. The molecule has 0 saturated carbocycles. The summed E-state index contributed by atoms with van der Waals surface area (Å²) in [5.41, 5.74) is 0.765. The van der Waals surface area contributed by atoms with E-state index in [-0.39, 0.29) is 23.1 Å². The molecule has 1 saturated heterocycles. The zero-order valence-electron chi connectivity index (χ0n) is 13.2. The van der Waals surface area contributed by atoms with Gasteiger partial charge in [-0.25, -0.2) is 0 Å². The van der Waals surface area contributed by atoms with E-state index in [1.807, 2.05) is 24.3 Å². The van der Waals surface area contributed by atoms with Crippen LogP contribution in [0.3, 0.4) is 0 Å². The fourth-order valence-electron chi connectivity index (χ4n) is 3.13. The Hall–Kier alpha value is -2.56. The Kier molecular flexibility index (Phi) is 4.19. The van der Waals surface area contributed by atoms with Crippen LogP contribution in [0.2, 0.25) is 0 Å². The zero-order chi connectivity index (χ0) is 16.4. The van der Waals surface area contributed by atoms with E-state index in [2.05, 4.69) is 0 Å². The molecule has 0 radical (unpaired) electrons. The number of hydrogen-bond acceptors (Lipinski definition) is 4. The van der Waals surface area contributed by atoms with Crippen LogP contribution >= 0.6 is 0 Å². The van der Waals surface area contributed by atoms with Crippen molar-refractivity contribution in [3.63, 3.8) is 0 Å². The molecule has 1 aliphatic heterocycles. The van der Waals surface area contributed by atoms with Crippen LogP contribution in [0.4, 0.5) is 0 Å². The van der Waals surface area contributed by atoms with Gasteiger partial charge in [0.05, 0.1) is 13.2 Å². The average molecular weight is 313 g/mol. The van der Waals surface area contributed by atoms with Gasteiger partial charge in [0.15, 0.2) is 11.2 Å². The molecule has 1 amide bonds. The maximum absolute atomic E-state index is 12.8. The Morgan fingerprint density at radius 2 is 2.09 bits per heavy atom. The van der Waals surface area contributed by atoms with E-state index < -0.39 is 0 Å². The topological polar surface area (TPSA) is 59.8 Å². The number of likely N-dealkylation sites (tertiary alicyclic amines) is 1. The van der Waals surface area contributed by atoms with Gasteiger partial charge in [0.2, 0.25) is 0 Å². The Labute approximate surface area is 134 Å². The van der Waals surface area contributed by atoms with Crippen molar-refractivity contribution in [2.24, 2.45) is 0 Å². The molecule has 0 aliphatic carbocycles. The van der Waals surface area contributed by atoms with Crippen LogP contribution in [0.5, 0.6) is 5.75 Å². The molecule has 5 nitrogen and oxygen atoms in total. The predicted molar refractivity (Wildman–Crippen MR) is 85.7 cm³/mol. The first-order valence-corrected chi connectivity index (χ1v) is 7.66. The minimum Gasteiger partial charge on any atom is -0.496 e. The average Bonchev–Trinajstić information content (AvgIpc) is 3.02. The van der Waals surface area contributed by atoms with Gasteiger partial charge in [0.25, 0.3) is 5.91 Å². The van der Waals surface area contributed by atoms with Gasteiger partial charge < -0.3 is 14.1 Å². The molecule has 0 bridgehead atoms. The third kappa shape index (κ3) is 2.99. The van der Waals surface area contributed by atoms with Gasteiger partial charge >= 0.3 is 0 Å². The Morgan fingerprint density at radius 1 is 1.30 bits per heavy atom. The monoisotopic (exact) mass is 313 g/mol.